The molecule has 0 amide bonds. The van der Waals surface area contributed by atoms with Crippen LogP contribution in [0.4, 0.5) is 0 Å². The van der Waals surface area contributed by atoms with Crippen molar-refractivity contribution < 1.29 is 14.3 Å². The molecule has 0 radical (unpaired) electrons. The van der Waals surface area contributed by atoms with E-state index in [1.807, 2.05) is 36.4 Å². The molecule has 1 aliphatic rings. The summed E-state index contributed by atoms with van der Waals surface area (Å²) < 4.78 is 12.4. The number of allylic oxidation sites excluding steroid dienone is 2. The van der Waals surface area contributed by atoms with E-state index in [2.05, 4.69) is 62.4 Å². The highest BCUT2D eigenvalue weighted by atomic mass is 35.5. The summed E-state index contributed by atoms with van der Waals surface area (Å²) in [5, 5.41) is 0.520. The van der Waals surface area contributed by atoms with Gasteiger partial charge in [-0.25, -0.2) is 4.79 Å². The van der Waals surface area contributed by atoms with Crippen molar-refractivity contribution in [2.75, 3.05) is 6.61 Å². The molecule has 4 rings (SSSR count). The maximum Gasteiger partial charge on any atom is 0.341 e. The van der Waals surface area contributed by atoms with Gasteiger partial charge in [0.2, 0.25) is 0 Å². The molecule has 0 atom stereocenters. The van der Waals surface area contributed by atoms with Crippen LogP contribution in [0, 0.1) is 0 Å². The van der Waals surface area contributed by atoms with E-state index in [-0.39, 0.29) is 5.92 Å². The summed E-state index contributed by atoms with van der Waals surface area (Å²) in [7, 11) is 0. The fraction of sp³-hybridized carbons (Fsp3) is 0.425. The maximum atomic E-state index is 13.5. The Bertz CT molecular complexity index is 1330. The molecule has 0 aromatic heterocycles. The van der Waals surface area contributed by atoms with Gasteiger partial charge in [-0.3, -0.25) is 0 Å². The second-order valence-corrected chi connectivity index (χ2v) is 12.3. The predicted molar refractivity (Wildman–Crippen MR) is 184 cm³/mol. The first kappa shape index (κ1) is 33.7. The standard InChI is InChI=1S/C40H49ClO3/c1-3-5-7-9-10-11-16-30-43-40(28-26-34(27-29-40)33-18-14-12-15-19-33)44-39(42)36-24-25-37(38(41)31-36)35-22-20-32(21-23-35)17-13-8-6-4-2/h12,14-15,18-29,31,34H,3-11,13,16-17,30H2,1-2H3. The Morgan fingerprint density at radius 3 is 2.05 bits per heavy atom. The molecular formula is C40H49ClO3. The number of rotatable bonds is 18. The van der Waals surface area contributed by atoms with Crippen LogP contribution >= 0.6 is 11.6 Å². The zero-order valence-corrected chi connectivity index (χ0v) is 27.4. The molecule has 234 valence electrons. The van der Waals surface area contributed by atoms with Crippen LogP contribution in [0.1, 0.15) is 112 Å². The summed E-state index contributed by atoms with van der Waals surface area (Å²) >= 11 is 6.73. The van der Waals surface area contributed by atoms with Crippen LogP contribution in [-0.2, 0) is 15.9 Å². The normalized spacial score (nSPS) is 17.6. The fourth-order valence-corrected chi connectivity index (χ4v) is 5.95. The quantitative estimate of drug-likeness (QED) is 0.0620. The largest absolute Gasteiger partial charge is 0.422 e. The van der Waals surface area contributed by atoms with Gasteiger partial charge in [-0.1, -0.05) is 156 Å². The van der Waals surface area contributed by atoms with Crippen molar-refractivity contribution in [3.05, 3.63) is 119 Å². The molecule has 3 nitrogen and oxygen atoms in total. The number of hydrogen-bond acceptors (Lipinski definition) is 3. The van der Waals surface area contributed by atoms with Crippen LogP contribution in [-0.4, -0.2) is 18.4 Å². The monoisotopic (exact) mass is 612 g/mol. The minimum atomic E-state index is -1.25. The first-order valence-corrected chi connectivity index (χ1v) is 17.1. The van der Waals surface area contributed by atoms with Crippen LogP contribution in [0.15, 0.2) is 97.1 Å². The Morgan fingerprint density at radius 2 is 1.39 bits per heavy atom. The highest BCUT2D eigenvalue weighted by Crippen LogP contribution is 2.33. The van der Waals surface area contributed by atoms with Crippen molar-refractivity contribution >= 4 is 17.6 Å². The Kier molecular flexibility index (Phi) is 13.8. The lowest BCUT2D eigenvalue weighted by molar-refractivity contribution is -0.139. The molecule has 0 aliphatic heterocycles. The predicted octanol–water partition coefficient (Wildman–Crippen LogP) is 11.7. The topological polar surface area (TPSA) is 35.5 Å². The highest BCUT2D eigenvalue weighted by molar-refractivity contribution is 6.33. The van der Waals surface area contributed by atoms with Gasteiger partial charge in [-0.05, 0) is 60.2 Å². The molecule has 0 heterocycles. The van der Waals surface area contributed by atoms with Crippen LogP contribution in [0.5, 0.6) is 0 Å². The van der Waals surface area contributed by atoms with E-state index in [0.717, 1.165) is 30.4 Å². The SMILES string of the molecule is CCCCCCCCCOC1(OC(=O)c2ccc(-c3ccc(CCCCCC)cc3)c(Cl)c2)C=CC(c2ccccc2)C=C1. The second kappa shape index (κ2) is 18.0. The van der Waals surface area contributed by atoms with Gasteiger partial charge >= 0.3 is 5.97 Å². The highest BCUT2D eigenvalue weighted by Gasteiger charge is 2.33. The van der Waals surface area contributed by atoms with E-state index >= 15 is 0 Å². The van der Waals surface area contributed by atoms with Gasteiger partial charge in [0.15, 0.2) is 0 Å². The van der Waals surface area contributed by atoms with Gasteiger partial charge in [0, 0.05) is 16.5 Å². The first-order valence-electron chi connectivity index (χ1n) is 16.7. The number of carbonyl (C=O) groups excluding carboxylic acids is 1. The van der Waals surface area contributed by atoms with Crippen molar-refractivity contribution in [3.63, 3.8) is 0 Å². The smallest absolute Gasteiger partial charge is 0.341 e. The van der Waals surface area contributed by atoms with Gasteiger partial charge in [0.25, 0.3) is 5.79 Å². The third-order valence-electron chi connectivity index (χ3n) is 8.37. The number of esters is 1. The van der Waals surface area contributed by atoms with Crippen molar-refractivity contribution in [1.82, 2.24) is 0 Å². The molecule has 0 unspecified atom stereocenters. The van der Waals surface area contributed by atoms with Crippen LogP contribution < -0.4 is 0 Å². The van der Waals surface area contributed by atoms with Gasteiger partial charge < -0.3 is 9.47 Å². The lowest BCUT2D eigenvalue weighted by Gasteiger charge is -2.31. The zero-order chi connectivity index (χ0) is 31.0. The van der Waals surface area contributed by atoms with Crippen molar-refractivity contribution in [1.29, 1.82) is 0 Å². The van der Waals surface area contributed by atoms with Crippen LogP contribution in [0.25, 0.3) is 11.1 Å². The number of carbonyl (C=O) groups is 1. The maximum absolute atomic E-state index is 13.5. The molecule has 1 aliphatic carbocycles. The number of unbranched alkanes of at least 4 members (excludes halogenated alkanes) is 9. The van der Waals surface area contributed by atoms with E-state index in [0.29, 0.717) is 17.2 Å². The van der Waals surface area contributed by atoms with Gasteiger partial charge in [-0.2, -0.15) is 0 Å². The molecule has 0 N–H and O–H groups in total. The molecule has 44 heavy (non-hydrogen) atoms. The number of ether oxygens (including phenoxy) is 2. The molecule has 4 heteroatoms. The van der Waals surface area contributed by atoms with Crippen molar-refractivity contribution in [2.45, 2.75) is 103 Å². The van der Waals surface area contributed by atoms with E-state index < -0.39 is 11.8 Å². The van der Waals surface area contributed by atoms with E-state index in [1.54, 1.807) is 12.1 Å². The molecule has 3 aromatic carbocycles. The minimum absolute atomic E-state index is 0.0987. The van der Waals surface area contributed by atoms with E-state index in [1.165, 1.54) is 68.9 Å². The lowest BCUT2D eigenvalue weighted by Crippen LogP contribution is -2.36. The Balaban J connectivity index is 1.41. The number of halogens is 1. The molecule has 0 bridgehead atoms. The summed E-state index contributed by atoms with van der Waals surface area (Å²) in [5.41, 5.74) is 4.85. The molecule has 0 fully saturated rings. The summed E-state index contributed by atoms with van der Waals surface area (Å²) in [6, 6.07) is 24.2. The molecular weight excluding hydrogens is 564 g/mol. The average molecular weight is 613 g/mol. The summed E-state index contributed by atoms with van der Waals surface area (Å²) in [6.07, 6.45) is 22.3. The minimum Gasteiger partial charge on any atom is -0.422 e. The Labute approximate surface area is 270 Å². The molecule has 0 saturated heterocycles. The van der Waals surface area contributed by atoms with Crippen LogP contribution in [0.2, 0.25) is 5.02 Å². The third-order valence-corrected chi connectivity index (χ3v) is 8.69. The van der Waals surface area contributed by atoms with E-state index in [9.17, 15) is 4.79 Å². The number of hydrogen-bond donors (Lipinski definition) is 0. The number of aryl methyl sites for hydroxylation is 1. The fourth-order valence-electron chi connectivity index (χ4n) is 5.66. The summed E-state index contributed by atoms with van der Waals surface area (Å²) in [4.78, 5) is 13.5. The van der Waals surface area contributed by atoms with Gasteiger partial charge in [0.05, 0.1) is 12.2 Å². The molecule has 0 spiro atoms. The second-order valence-electron chi connectivity index (χ2n) is 11.9. The average Bonchev–Trinajstić information content (AvgIpc) is 3.05. The zero-order valence-electron chi connectivity index (χ0n) is 26.6. The van der Waals surface area contributed by atoms with E-state index in [4.69, 9.17) is 21.1 Å². The molecule has 3 aromatic rings. The van der Waals surface area contributed by atoms with Gasteiger partial charge in [0.1, 0.15) is 0 Å². The Hall–Kier alpha value is -3.14. The van der Waals surface area contributed by atoms with Crippen molar-refractivity contribution in [2.24, 2.45) is 0 Å². The van der Waals surface area contributed by atoms with Crippen LogP contribution in [0.3, 0.4) is 0 Å². The lowest BCUT2D eigenvalue weighted by atomic mass is 9.93. The van der Waals surface area contributed by atoms with Crippen molar-refractivity contribution in [3.8, 4) is 11.1 Å². The van der Waals surface area contributed by atoms with Gasteiger partial charge in [-0.15, -0.1) is 0 Å². The summed E-state index contributed by atoms with van der Waals surface area (Å²) in [6.45, 7) is 4.98. The summed E-state index contributed by atoms with van der Waals surface area (Å²) in [5.74, 6) is -1.61. The third kappa shape index (κ3) is 10.2. The Morgan fingerprint density at radius 1 is 0.750 bits per heavy atom. The molecule has 0 saturated carbocycles. The first-order chi connectivity index (χ1) is 21.5. The number of benzene rings is 3.